The molecule has 1 aromatic rings. The monoisotopic (exact) mass is 168 g/mol. The largest absolute Gasteiger partial charge is 0.266 e. The Morgan fingerprint density at radius 2 is 2.42 bits per heavy atom. The van der Waals surface area contributed by atoms with Gasteiger partial charge in [-0.25, -0.2) is 4.39 Å². The Balaban J connectivity index is 2.19. The minimum Gasteiger partial charge on any atom is -0.266 e. The predicted molar refractivity (Wildman–Crippen MR) is 44.7 cm³/mol. The summed E-state index contributed by atoms with van der Waals surface area (Å²) in [5.74, 6) is 0. The first-order valence-corrected chi connectivity index (χ1v) is 4.42. The normalized spacial score (nSPS) is 29.5. The van der Waals surface area contributed by atoms with Crippen LogP contribution in [0.2, 0.25) is 0 Å². The zero-order chi connectivity index (χ0) is 8.55. The smallest absolute Gasteiger partial charge is 0.122 e. The summed E-state index contributed by atoms with van der Waals surface area (Å²) in [5.41, 5.74) is 1.11. The first kappa shape index (κ1) is 7.77. The van der Waals surface area contributed by atoms with Crippen LogP contribution in [0.25, 0.3) is 0 Å². The highest BCUT2D eigenvalue weighted by Crippen LogP contribution is 2.31. The fourth-order valence-corrected chi connectivity index (χ4v) is 1.81. The second-order valence-corrected chi connectivity index (χ2v) is 3.51. The standard InChI is InChI=1S/C9H13FN2/c1-7-5-11-12(6-7)9-4-2-3-8(9)10/h5-6,8-9H,2-4H2,1H3. The van der Waals surface area contributed by atoms with Gasteiger partial charge in [0.05, 0.1) is 12.2 Å². The van der Waals surface area contributed by atoms with E-state index in [4.69, 9.17) is 0 Å². The zero-order valence-corrected chi connectivity index (χ0v) is 7.20. The van der Waals surface area contributed by atoms with Crippen LogP contribution in [0.3, 0.4) is 0 Å². The summed E-state index contributed by atoms with van der Waals surface area (Å²) in [6, 6.07) is -0.00120. The number of rotatable bonds is 1. The van der Waals surface area contributed by atoms with E-state index in [-0.39, 0.29) is 6.04 Å². The maximum atomic E-state index is 13.2. The van der Waals surface area contributed by atoms with Gasteiger partial charge in [-0.05, 0) is 31.7 Å². The SMILES string of the molecule is Cc1cnn(C2CCCC2F)c1. The Bertz CT molecular complexity index is 269. The molecule has 2 nitrogen and oxygen atoms in total. The Hall–Kier alpha value is -0.860. The fraction of sp³-hybridized carbons (Fsp3) is 0.667. The Kier molecular flexibility index (Phi) is 1.87. The summed E-state index contributed by atoms with van der Waals surface area (Å²) in [5, 5.41) is 4.12. The molecule has 2 rings (SSSR count). The number of halogens is 1. The molecule has 1 fully saturated rings. The van der Waals surface area contributed by atoms with Crippen LogP contribution in [0.4, 0.5) is 4.39 Å². The Morgan fingerprint density at radius 1 is 1.58 bits per heavy atom. The number of hydrogen-bond acceptors (Lipinski definition) is 1. The highest BCUT2D eigenvalue weighted by Gasteiger charge is 2.28. The second kappa shape index (κ2) is 2.88. The van der Waals surface area contributed by atoms with Crippen molar-refractivity contribution in [1.29, 1.82) is 0 Å². The van der Waals surface area contributed by atoms with Crippen LogP contribution in [0.1, 0.15) is 30.9 Å². The molecular weight excluding hydrogens is 155 g/mol. The van der Waals surface area contributed by atoms with E-state index in [0.717, 1.165) is 18.4 Å². The summed E-state index contributed by atoms with van der Waals surface area (Å²) in [6.45, 7) is 1.98. The van der Waals surface area contributed by atoms with Crippen LogP contribution in [0.5, 0.6) is 0 Å². The van der Waals surface area contributed by atoms with Crippen molar-refractivity contribution in [2.24, 2.45) is 0 Å². The zero-order valence-electron chi connectivity index (χ0n) is 7.20. The molecule has 0 aliphatic heterocycles. The first-order valence-electron chi connectivity index (χ1n) is 4.42. The number of alkyl halides is 1. The molecule has 3 heteroatoms. The van der Waals surface area contributed by atoms with Crippen molar-refractivity contribution in [2.75, 3.05) is 0 Å². The van der Waals surface area contributed by atoms with Crippen molar-refractivity contribution in [1.82, 2.24) is 9.78 Å². The van der Waals surface area contributed by atoms with Gasteiger partial charge in [-0.1, -0.05) is 0 Å². The number of nitrogens with zero attached hydrogens (tertiary/aromatic N) is 2. The molecule has 0 N–H and O–H groups in total. The lowest BCUT2D eigenvalue weighted by Gasteiger charge is -2.12. The van der Waals surface area contributed by atoms with Gasteiger partial charge >= 0.3 is 0 Å². The van der Waals surface area contributed by atoms with Crippen LogP contribution in [0, 0.1) is 6.92 Å². The van der Waals surface area contributed by atoms with E-state index in [1.54, 1.807) is 10.9 Å². The molecule has 1 aliphatic carbocycles. The summed E-state index contributed by atoms with van der Waals surface area (Å²) >= 11 is 0. The molecule has 1 aliphatic rings. The maximum Gasteiger partial charge on any atom is 0.122 e. The van der Waals surface area contributed by atoms with Gasteiger partial charge in [-0.15, -0.1) is 0 Å². The summed E-state index contributed by atoms with van der Waals surface area (Å²) in [6.07, 6.45) is 5.63. The van der Waals surface area contributed by atoms with E-state index in [1.165, 1.54) is 0 Å². The van der Waals surface area contributed by atoms with E-state index in [9.17, 15) is 4.39 Å². The Labute approximate surface area is 71.4 Å². The molecule has 0 amide bonds. The highest BCUT2D eigenvalue weighted by atomic mass is 19.1. The molecule has 1 aromatic heterocycles. The summed E-state index contributed by atoms with van der Waals surface area (Å²) in [7, 11) is 0. The van der Waals surface area contributed by atoms with Gasteiger partial charge in [0.25, 0.3) is 0 Å². The van der Waals surface area contributed by atoms with E-state index in [1.807, 2.05) is 13.1 Å². The van der Waals surface area contributed by atoms with Crippen molar-refractivity contribution in [3.8, 4) is 0 Å². The third-order valence-corrected chi connectivity index (χ3v) is 2.47. The van der Waals surface area contributed by atoms with Crippen LogP contribution in [0.15, 0.2) is 12.4 Å². The molecule has 1 heterocycles. The summed E-state index contributed by atoms with van der Waals surface area (Å²) < 4.78 is 15.0. The molecule has 0 saturated heterocycles. The lowest BCUT2D eigenvalue weighted by molar-refractivity contribution is 0.250. The first-order chi connectivity index (χ1) is 5.77. The van der Waals surface area contributed by atoms with Crippen LogP contribution >= 0.6 is 0 Å². The van der Waals surface area contributed by atoms with Crippen LogP contribution in [-0.2, 0) is 0 Å². The van der Waals surface area contributed by atoms with Crippen molar-refractivity contribution >= 4 is 0 Å². The van der Waals surface area contributed by atoms with Crippen molar-refractivity contribution in [2.45, 2.75) is 38.4 Å². The van der Waals surface area contributed by atoms with Gasteiger partial charge in [0.15, 0.2) is 0 Å². The van der Waals surface area contributed by atoms with Crippen molar-refractivity contribution in [3.05, 3.63) is 18.0 Å². The lowest BCUT2D eigenvalue weighted by atomic mass is 10.2. The molecule has 2 unspecified atom stereocenters. The average Bonchev–Trinajstić information content (AvgIpc) is 2.58. The van der Waals surface area contributed by atoms with Crippen molar-refractivity contribution < 1.29 is 4.39 Å². The van der Waals surface area contributed by atoms with E-state index in [2.05, 4.69) is 5.10 Å². The third kappa shape index (κ3) is 1.24. The van der Waals surface area contributed by atoms with Gasteiger partial charge < -0.3 is 0 Å². The third-order valence-electron chi connectivity index (χ3n) is 2.47. The van der Waals surface area contributed by atoms with E-state index >= 15 is 0 Å². The molecular formula is C9H13FN2. The van der Waals surface area contributed by atoms with Crippen LogP contribution < -0.4 is 0 Å². The average molecular weight is 168 g/mol. The summed E-state index contributed by atoms with van der Waals surface area (Å²) in [4.78, 5) is 0. The lowest BCUT2D eigenvalue weighted by Crippen LogP contribution is -2.14. The molecule has 0 aromatic carbocycles. The number of aryl methyl sites for hydroxylation is 1. The fourth-order valence-electron chi connectivity index (χ4n) is 1.81. The minimum atomic E-state index is -0.690. The molecule has 12 heavy (non-hydrogen) atoms. The highest BCUT2D eigenvalue weighted by molar-refractivity contribution is 5.01. The number of aromatic nitrogens is 2. The predicted octanol–water partition coefficient (Wildman–Crippen LogP) is 2.25. The molecule has 66 valence electrons. The molecule has 2 atom stereocenters. The number of hydrogen-bond donors (Lipinski definition) is 0. The van der Waals surface area contributed by atoms with Crippen molar-refractivity contribution in [3.63, 3.8) is 0 Å². The second-order valence-electron chi connectivity index (χ2n) is 3.51. The Morgan fingerprint density at radius 3 is 2.92 bits per heavy atom. The quantitative estimate of drug-likeness (QED) is 0.629. The van der Waals surface area contributed by atoms with Gasteiger partial charge in [-0.2, -0.15) is 5.10 Å². The molecule has 0 spiro atoms. The van der Waals surface area contributed by atoms with Gasteiger partial charge in [-0.3, -0.25) is 4.68 Å². The van der Waals surface area contributed by atoms with Crippen LogP contribution in [-0.4, -0.2) is 16.0 Å². The van der Waals surface area contributed by atoms with Gasteiger partial charge in [0.2, 0.25) is 0 Å². The van der Waals surface area contributed by atoms with Gasteiger partial charge in [0, 0.05) is 6.20 Å². The molecule has 0 radical (unpaired) electrons. The van der Waals surface area contributed by atoms with Gasteiger partial charge in [0.1, 0.15) is 6.17 Å². The van der Waals surface area contributed by atoms with E-state index < -0.39 is 6.17 Å². The minimum absolute atomic E-state index is 0.00120. The van der Waals surface area contributed by atoms with E-state index in [0.29, 0.717) is 6.42 Å². The molecule has 1 saturated carbocycles. The maximum absolute atomic E-state index is 13.2. The molecule has 0 bridgehead atoms. The topological polar surface area (TPSA) is 17.8 Å².